The van der Waals surface area contributed by atoms with Crippen LogP contribution in [0.15, 0.2) is 18.2 Å². The van der Waals surface area contributed by atoms with Crippen LogP contribution in [0.3, 0.4) is 0 Å². The molecular weight excluding hydrogens is 260 g/mol. The van der Waals surface area contributed by atoms with Crippen LogP contribution >= 0.6 is 0 Å². The zero-order chi connectivity index (χ0) is 15.3. The Morgan fingerprint density at radius 1 is 1.50 bits per heavy atom. The largest absolute Gasteiger partial charge is 0.383 e. The summed E-state index contributed by atoms with van der Waals surface area (Å²) < 4.78 is 5.13. The van der Waals surface area contributed by atoms with Gasteiger partial charge in [-0.1, -0.05) is 0 Å². The molecule has 0 spiro atoms. The van der Waals surface area contributed by atoms with Crippen LogP contribution in [-0.4, -0.2) is 37.0 Å². The van der Waals surface area contributed by atoms with Crippen LogP contribution in [0.25, 0.3) is 0 Å². The molecule has 0 saturated carbocycles. The number of carbonyl (C=O) groups is 1. The zero-order valence-corrected chi connectivity index (χ0v) is 12.3. The second-order valence-corrected chi connectivity index (χ2v) is 4.61. The Labute approximate surface area is 118 Å². The number of ketones is 1. The number of rotatable bonds is 7. The van der Waals surface area contributed by atoms with Gasteiger partial charge in [-0.05, 0) is 32.9 Å². The Hall–Kier alpha value is -1.95. The first-order chi connectivity index (χ1) is 9.42. The third kappa shape index (κ3) is 3.54. The number of anilines is 1. The smallest absolute Gasteiger partial charge is 0.280 e. The fraction of sp³-hybridized carbons (Fsp3) is 0.500. The molecule has 20 heavy (non-hydrogen) atoms. The second-order valence-electron chi connectivity index (χ2n) is 4.61. The number of hydrogen-bond acceptors (Lipinski definition) is 5. The summed E-state index contributed by atoms with van der Waals surface area (Å²) in [5.74, 6) is -0.311. The van der Waals surface area contributed by atoms with Crippen molar-refractivity contribution in [1.82, 2.24) is 0 Å². The van der Waals surface area contributed by atoms with E-state index >= 15 is 0 Å². The second kappa shape index (κ2) is 7.00. The van der Waals surface area contributed by atoms with Crippen LogP contribution in [0.1, 0.15) is 31.1 Å². The van der Waals surface area contributed by atoms with Gasteiger partial charge in [-0.15, -0.1) is 0 Å². The SMILES string of the molecule is CCN(c1ccc([N+](=O)[O-])c(C(C)=O)c1)C(C)COC. The number of Topliss-reactive ketones (excluding diaryl/α,β-unsaturated/α-hetero) is 1. The van der Waals surface area contributed by atoms with E-state index in [-0.39, 0.29) is 23.1 Å². The summed E-state index contributed by atoms with van der Waals surface area (Å²) in [5, 5.41) is 10.9. The molecule has 1 aromatic rings. The maximum Gasteiger partial charge on any atom is 0.280 e. The minimum Gasteiger partial charge on any atom is -0.383 e. The highest BCUT2D eigenvalue weighted by Crippen LogP contribution is 2.26. The standard InChI is InChI=1S/C14H20N2O4/c1-5-15(10(2)9-20-4)12-6-7-14(16(18)19)13(8-12)11(3)17/h6-8,10H,5,9H2,1-4H3. The molecule has 0 N–H and O–H groups in total. The van der Waals surface area contributed by atoms with Gasteiger partial charge < -0.3 is 9.64 Å². The van der Waals surface area contributed by atoms with E-state index in [0.29, 0.717) is 6.61 Å². The predicted octanol–water partition coefficient (Wildman–Crippen LogP) is 2.66. The highest BCUT2D eigenvalue weighted by molar-refractivity contribution is 5.99. The zero-order valence-electron chi connectivity index (χ0n) is 12.3. The molecule has 0 heterocycles. The maximum atomic E-state index is 11.6. The first-order valence-electron chi connectivity index (χ1n) is 6.47. The number of hydrogen-bond donors (Lipinski definition) is 0. The van der Waals surface area contributed by atoms with E-state index in [1.165, 1.54) is 13.0 Å². The van der Waals surface area contributed by atoms with E-state index in [4.69, 9.17) is 4.74 Å². The quantitative estimate of drug-likeness (QED) is 0.436. The number of ether oxygens (including phenoxy) is 1. The fourth-order valence-electron chi connectivity index (χ4n) is 2.22. The van der Waals surface area contributed by atoms with E-state index in [2.05, 4.69) is 0 Å². The van der Waals surface area contributed by atoms with Crippen molar-refractivity contribution in [2.24, 2.45) is 0 Å². The van der Waals surface area contributed by atoms with Gasteiger partial charge in [0.25, 0.3) is 5.69 Å². The van der Waals surface area contributed by atoms with Gasteiger partial charge in [-0.3, -0.25) is 14.9 Å². The molecule has 1 rings (SSSR count). The highest BCUT2D eigenvalue weighted by Gasteiger charge is 2.20. The van der Waals surface area contributed by atoms with Crippen molar-refractivity contribution >= 4 is 17.2 Å². The van der Waals surface area contributed by atoms with E-state index in [9.17, 15) is 14.9 Å². The molecule has 1 atom stereocenters. The molecule has 6 nitrogen and oxygen atoms in total. The van der Waals surface area contributed by atoms with Crippen molar-refractivity contribution in [3.8, 4) is 0 Å². The minimum absolute atomic E-state index is 0.117. The van der Waals surface area contributed by atoms with Gasteiger partial charge >= 0.3 is 0 Å². The molecule has 0 saturated heterocycles. The molecule has 0 radical (unpaired) electrons. The molecule has 0 aliphatic heterocycles. The van der Waals surface area contributed by atoms with Crippen LogP contribution in [0.4, 0.5) is 11.4 Å². The van der Waals surface area contributed by atoms with Crippen molar-refractivity contribution in [1.29, 1.82) is 0 Å². The normalized spacial score (nSPS) is 12.0. The van der Waals surface area contributed by atoms with E-state index in [0.717, 1.165) is 12.2 Å². The van der Waals surface area contributed by atoms with Gasteiger partial charge in [-0.2, -0.15) is 0 Å². The van der Waals surface area contributed by atoms with Crippen molar-refractivity contribution in [3.05, 3.63) is 33.9 Å². The van der Waals surface area contributed by atoms with Gasteiger partial charge in [0.1, 0.15) is 0 Å². The molecule has 0 amide bonds. The molecule has 0 fully saturated rings. The van der Waals surface area contributed by atoms with Crippen LogP contribution in [-0.2, 0) is 4.74 Å². The average molecular weight is 280 g/mol. The summed E-state index contributed by atoms with van der Waals surface area (Å²) in [7, 11) is 1.63. The summed E-state index contributed by atoms with van der Waals surface area (Å²) in [6.45, 7) is 6.59. The predicted molar refractivity (Wildman–Crippen MR) is 77.5 cm³/mol. The number of carbonyl (C=O) groups excluding carboxylic acids is 1. The first kappa shape index (κ1) is 16.1. The molecule has 6 heteroatoms. The topological polar surface area (TPSA) is 72.7 Å². The first-order valence-corrected chi connectivity index (χ1v) is 6.47. The molecule has 110 valence electrons. The molecule has 0 bridgehead atoms. The van der Waals surface area contributed by atoms with Gasteiger partial charge in [-0.25, -0.2) is 0 Å². The average Bonchev–Trinajstić information content (AvgIpc) is 2.39. The Kier molecular flexibility index (Phi) is 5.64. The van der Waals surface area contributed by atoms with E-state index in [1.54, 1.807) is 19.2 Å². The minimum atomic E-state index is -0.532. The number of likely N-dealkylation sites (N-methyl/N-ethyl adjacent to an activating group) is 1. The Morgan fingerprint density at radius 3 is 2.60 bits per heavy atom. The lowest BCUT2D eigenvalue weighted by atomic mass is 10.1. The summed E-state index contributed by atoms with van der Waals surface area (Å²) in [6, 6.07) is 4.75. The number of methoxy groups -OCH3 is 1. The number of nitro benzene ring substituents is 1. The third-order valence-electron chi connectivity index (χ3n) is 3.17. The van der Waals surface area contributed by atoms with Crippen LogP contribution in [0.2, 0.25) is 0 Å². The summed E-state index contributed by atoms with van der Waals surface area (Å²) in [5.41, 5.74) is 0.764. The van der Waals surface area contributed by atoms with Crippen LogP contribution < -0.4 is 4.90 Å². The lowest BCUT2D eigenvalue weighted by Crippen LogP contribution is -2.36. The van der Waals surface area contributed by atoms with Crippen molar-refractivity contribution in [3.63, 3.8) is 0 Å². The van der Waals surface area contributed by atoms with Crippen molar-refractivity contribution in [2.45, 2.75) is 26.8 Å². The Bertz CT molecular complexity index is 502. The van der Waals surface area contributed by atoms with Crippen molar-refractivity contribution in [2.75, 3.05) is 25.2 Å². The van der Waals surface area contributed by atoms with Crippen molar-refractivity contribution < 1.29 is 14.5 Å². The monoisotopic (exact) mass is 280 g/mol. The molecule has 1 unspecified atom stereocenters. The third-order valence-corrected chi connectivity index (χ3v) is 3.17. The fourth-order valence-corrected chi connectivity index (χ4v) is 2.22. The summed E-state index contributed by atoms with van der Waals surface area (Å²) >= 11 is 0. The summed E-state index contributed by atoms with van der Waals surface area (Å²) in [6.07, 6.45) is 0. The summed E-state index contributed by atoms with van der Waals surface area (Å²) in [4.78, 5) is 24.0. The number of nitrogens with zero attached hydrogens (tertiary/aromatic N) is 2. The number of nitro groups is 1. The molecule has 0 aromatic heterocycles. The highest BCUT2D eigenvalue weighted by atomic mass is 16.6. The molecular formula is C14H20N2O4. The molecule has 0 aliphatic carbocycles. The molecule has 0 aliphatic rings. The van der Waals surface area contributed by atoms with Crippen LogP contribution in [0, 0.1) is 10.1 Å². The Morgan fingerprint density at radius 2 is 2.15 bits per heavy atom. The Balaban J connectivity index is 3.22. The molecule has 1 aromatic carbocycles. The lowest BCUT2D eigenvalue weighted by Gasteiger charge is -2.30. The van der Waals surface area contributed by atoms with Gasteiger partial charge in [0.05, 0.1) is 17.1 Å². The number of benzene rings is 1. The van der Waals surface area contributed by atoms with Gasteiger partial charge in [0, 0.05) is 31.5 Å². The lowest BCUT2D eigenvalue weighted by molar-refractivity contribution is -0.385. The maximum absolute atomic E-state index is 11.6. The van der Waals surface area contributed by atoms with Crippen LogP contribution in [0.5, 0.6) is 0 Å². The van der Waals surface area contributed by atoms with E-state index in [1.807, 2.05) is 18.7 Å². The van der Waals surface area contributed by atoms with E-state index < -0.39 is 4.92 Å². The van der Waals surface area contributed by atoms with Gasteiger partial charge in [0.15, 0.2) is 5.78 Å². The van der Waals surface area contributed by atoms with Gasteiger partial charge in [0.2, 0.25) is 0 Å².